The van der Waals surface area contributed by atoms with Crippen LogP contribution in [0.1, 0.15) is 37.1 Å². The Kier molecular flexibility index (Phi) is 7.15. The lowest BCUT2D eigenvalue weighted by atomic mass is 10.0. The number of hydrogen-bond acceptors (Lipinski definition) is 3. The summed E-state index contributed by atoms with van der Waals surface area (Å²) in [4.78, 5) is 12.9. The molecular formula is C13H20Cl2N2OS. The molecule has 1 aliphatic rings. The van der Waals surface area contributed by atoms with Crippen molar-refractivity contribution in [3.63, 3.8) is 0 Å². The molecule has 2 rings (SSSR count). The highest BCUT2D eigenvalue weighted by Gasteiger charge is 2.17. The van der Waals surface area contributed by atoms with Crippen LogP contribution >= 0.6 is 35.3 Å². The van der Waals surface area contributed by atoms with Gasteiger partial charge in [-0.3, -0.25) is 4.79 Å². The fourth-order valence-corrected chi connectivity index (χ4v) is 3.31. The summed E-state index contributed by atoms with van der Waals surface area (Å²) in [5.74, 6) is 0.807. The van der Waals surface area contributed by atoms with Crippen LogP contribution in [0.2, 0.25) is 4.34 Å². The second kappa shape index (κ2) is 8.10. The number of halogens is 2. The molecule has 3 nitrogen and oxygen atoms in total. The zero-order chi connectivity index (χ0) is 13.0. The average molecular weight is 323 g/mol. The second-order valence-corrected chi connectivity index (χ2v) is 6.58. The van der Waals surface area contributed by atoms with E-state index < -0.39 is 0 Å². The van der Waals surface area contributed by atoms with E-state index >= 15 is 0 Å². The van der Waals surface area contributed by atoms with Gasteiger partial charge in [0.15, 0.2) is 0 Å². The first-order valence-corrected chi connectivity index (χ1v) is 7.60. The van der Waals surface area contributed by atoms with Gasteiger partial charge in [-0.25, -0.2) is 0 Å². The van der Waals surface area contributed by atoms with E-state index in [-0.39, 0.29) is 24.4 Å². The van der Waals surface area contributed by atoms with Crippen LogP contribution in [0.15, 0.2) is 12.1 Å². The predicted octanol–water partition coefficient (Wildman–Crippen LogP) is 3.39. The van der Waals surface area contributed by atoms with Crippen LogP contribution in [0.3, 0.4) is 0 Å². The number of rotatable bonds is 5. The lowest BCUT2D eigenvalue weighted by Crippen LogP contribution is -2.26. The largest absolute Gasteiger partial charge is 0.349 e. The van der Waals surface area contributed by atoms with Gasteiger partial charge in [-0.1, -0.05) is 11.6 Å². The molecule has 1 aromatic rings. The highest BCUT2D eigenvalue weighted by molar-refractivity contribution is 7.16. The van der Waals surface area contributed by atoms with Crippen molar-refractivity contribution < 1.29 is 4.79 Å². The quantitative estimate of drug-likeness (QED) is 0.872. The summed E-state index contributed by atoms with van der Waals surface area (Å²) in [6, 6.07) is 3.89. The van der Waals surface area contributed by atoms with Crippen LogP contribution in [-0.4, -0.2) is 19.0 Å². The maximum absolute atomic E-state index is 11.8. The normalized spacial score (nSPS) is 19.8. The third kappa shape index (κ3) is 5.30. The summed E-state index contributed by atoms with van der Waals surface area (Å²) in [6.07, 6.45) is 2.80. The SMILES string of the molecule is CC(NC(=O)CCC1CCNC1)c1ccc(Cl)s1.Cl. The lowest BCUT2D eigenvalue weighted by molar-refractivity contribution is -0.122. The molecule has 1 aromatic heterocycles. The van der Waals surface area contributed by atoms with Crippen molar-refractivity contribution in [2.24, 2.45) is 5.92 Å². The third-order valence-corrected chi connectivity index (χ3v) is 4.75. The number of nitrogens with one attached hydrogen (secondary N) is 2. The van der Waals surface area contributed by atoms with Crippen molar-refractivity contribution in [1.82, 2.24) is 10.6 Å². The average Bonchev–Trinajstić information content (AvgIpc) is 2.97. The van der Waals surface area contributed by atoms with E-state index in [1.54, 1.807) is 0 Å². The van der Waals surface area contributed by atoms with Crippen molar-refractivity contribution in [3.05, 3.63) is 21.3 Å². The monoisotopic (exact) mass is 322 g/mol. The van der Waals surface area contributed by atoms with E-state index in [4.69, 9.17) is 11.6 Å². The van der Waals surface area contributed by atoms with Crippen LogP contribution in [-0.2, 0) is 4.79 Å². The van der Waals surface area contributed by atoms with Gasteiger partial charge in [-0.2, -0.15) is 0 Å². The van der Waals surface area contributed by atoms with Gasteiger partial charge < -0.3 is 10.6 Å². The molecule has 2 unspecified atom stereocenters. The number of thiophene rings is 1. The predicted molar refractivity (Wildman–Crippen MR) is 83.3 cm³/mol. The van der Waals surface area contributed by atoms with Crippen LogP contribution in [0.4, 0.5) is 0 Å². The molecule has 6 heteroatoms. The molecule has 1 saturated heterocycles. The fourth-order valence-electron chi connectivity index (χ4n) is 2.24. The Bertz CT molecular complexity index is 405. The van der Waals surface area contributed by atoms with Crippen molar-refractivity contribution in [2.45, 2.75) is 32.2 Å². The van der Waals surface area contributed by atoms with Crippen LogP contribution in [0.5, 0.6) is 0 Å². The number of hydrogen-bond donors (Lipinski definition) is 2. The highest BCUT2D eigenvalue weighted by atomic mass is 35.5. The minimum Gasteiger partial charge on any atom is -0.349 e. The summed E-state index contributed by atoms with van der Waals surface area (Å²) in [6.45, 7) is 4.15. The molecule has 0 saturated carbocycles. The third-order valence-electron chi connectivity index (χ3n) is 3.34. The van der Waals surface area contributed by atoms with Gasteiger partial charge in [0, 0.05) is 11.3 Å². The Morgan fingerprint density at radius 2 is 2.42 bits per heavy atom. The fraction of sp³-hybridized carbons (Fsp3) is 0.615. The number of carbonyl (C=O) groups excluding carboxylic acids is 1. The Labute approximate surface area is 129 Å². The molecule has 0 radical (unpaired) electrons. The zero-order valence-corrected chi connectivity index (χ0v) is 13.3. The molecule has 2 N–H and O–H groups in total. The Hall–Kier alpha value is -0.290. The summed E-state index contributed by atoms with van der Waals surface area (Å²) < 4.78 is 0.767. The molecule has 108 valence electrons. The zero-order valence-electron chi connectivity index (χ0n) is 10.9. The van der Waals surface area contributed by atoms with Crippen molar-refractivity contribution in [2.75, 3.05) is 13.1 Å². The molecule has 0 aliphatic carbocycles. The first kappa shape index (κ1) is 16.8. The molecular weight excluding hydrogens is 303 g/mol. The van der Waals surface area contributed by atoms with Crippen LogP contribution in [0, 0.1) is 5.92 Å². The minimum atomic E-state index is 0. The summed E-state index contributed by atoms with van der Waals surface area (Å²) >= 11 is 7.41. The van der Waals surface area contributed by atoms with Gasteiger partial charge in [-0.05, 0) is 50.9 Å². The molecule has 2 atom stereocenters. The van der Waals surface area contributed by atoms with Crippen molar-refractivity contribution >= 4 is 41.3 Å². The standard InChI is InChI=1S/C13H19ClN2OS.ClH/c1-9(11-3-4-12(14)18-11)16-13(17)5-2-10-6-7-15-8-10;/h3-4,9-10,15H,2,5-8H2,1H3,(H,16,17);1H. The molecule has 2 heterocycles. The van der Waals surface area contributed by atoms with Crippen LogP contribution in [0.25, 0.3) is 0 Å². The van der Waals surface area contributed by atoms with Gasteiger partial charge in [0.1, 0.15) is 0 Å². The highest BCUT2D eigenvalue weighted by Crippen LogP contribution is 2.26. The number of carbonyl (C=O) groups is 1. The maximum Gasteiger partial charge on any atom is 0.220 e. The van der Waals surface area contributed by atoms with E-state index in [2.05, 4.69) is 10.6 Å². The number of amides is 1. The molecule has 0 spiro atoms. The van der Waals surface area contributed by atoms with Gasteiger partial charge in [0.05, 0.1) is 10.4 Å². The summed E-state index contributed by atoms with van der Waals surface area (Å²) in [5, 5.41) is 6.35. The first-order valence-electron chi connectivity index (χ1n) is 6.40. The molecule has 1 amide bonds. The first-order chi connectivity index (χ1) is 8.65. The van der Waals surface area contributed by atoms with Crippen molar-refractivity contribution in [3.8, 4) is 0 Å². The van der Waals surface area contributed by atoms with E-state index in [0.717, 1.165) is 28.7 Å². The summed E-state index contributed by atoms with van der Waals surface area (Å²) in [7, 11) is 0. The second-order valence-electron chi connectivity index (χ2n) is 4.83. The van der Waals surface area contributed by atoms with E-state index in [9.17, 15) is 4.79 Å². The van der Waals surface area contributed by atoms with E-state index in [0.29, 0.717) is 12.3 Å². The molecule has 19 heavy (non-hydrogen) atoms. The van der Waals surface area contributed by atoms with Gasteiger partial charge in [0.2, 0.25) is 5.91 Å². The Morgan fingerprint density at radius 1 is 1.63 bits per heavy atom. The maximum atomic E-state index is 11.8. The van der Waals surface area contributed by atoms with Gasteiger partial charge in [-0.15, -0.1) is 23.7 Å². The molecule has 0 bridgehead atoms. The smallest absolute Gasteiger partial charge is 0.220 e. The Balaban J connectivity index is 0.00000180. The van der Waals surface area contributed by atoms with Crippen molar-refractivity contribution in [1.29, 1.82) is 0 Å². The van der Waals surface area contributed by atoms with E-state index in [1.165, 1.54) is 17.8 Å². The minimum absolute atomic E-state index is 0. The van der Waals surface area contributed by atoms with Crippen LogP contribution < -0.4 is 10.6 Å². The van der Waals surface area contributed by atoms with Gasteiger partial charge >= 0.3 is 0 Å². The topological polar surface area (TPSA) is 41.1 Å². The van der Waals surface area contributed by atoms with E-state index in [1.807, 2.05) is 19.1 Å². The molecule has 1 fully saturated rings. The molecule has 1 aliphatic heterocycles. The summed E-state index contributed by atoms with van der Waals surface area (Å²) in [5.41, 5.74) is 0. The Morgan fingerprint density at radius 3 is 3.00 bits per heavy atom. The van der Waals surface area contributed by atoms with Gasteiger partial charge in [0.25, 0.3) is 0 Å². The lowest BCUT2D eigenvalue weighted by Gasteiger charge is -2.13. The molecule has 0 aromatic carbocycles.